The molecule has 2 heteroatoms. The molecule has 0 spiro atoms. The second kappa shape index (κ2) is 5.86. The van der Waals surface area contributed by atoms with Crippen LogP contribution < -0.4 is 5.73 Å². The monoisotopic (exact) mass is 292 g/mol. The van der Waals surface area contributed by atoms with Crippen LogP contribution in [0, 0.1) is 5.92 Å². The topological polar surface area (TPSA) is 29.3 Å². The summed E-state index contributed by atoms with van der Waals surface area (Å²) in [7, 11) is 0. The van der Waals surface area contributed by atoms with Crippen molar-refractivity contribution in [3.63, 3.8) is 0 Å². The van der Waals surface area contributed by atoms with E-state index in [0.29, 0.717) is 17.9 Å². The number of rotatable bonds is 3. The highest BCUT2D eigenvalue weighted by molar-refractivity contribution is 5.35. The lowest BCUT2D eigenvalue weighted by molar-refractivity contribution is 0.0204. The minimum absolute atomic E-state index is 0.285. The third kappa shape index (κ3) is 2.37. The van der Waals surface area contributed by atoms with E-state index in [1.54, 1.807) is 0 Å². The van der Waals surface area contributed by atoms with Gasteiger partial charge in [0, 0.05) is 18.0 Å². The number of nitrogens with zero attached hydrogens (tertiary/aromatic N) is 1. The first kappa shape index (κ1) is 14.0. The molecule has 2 unspecified atom stereocenters. The van der Waals surface area contributed by atoms with E-state index in [1.165, 1.54) is 37.1 Å². The van der Waals surface area contributed by atoms with Gasteiger partial charge >= 0.3 is 0 Å². The third-order valence-electron chi connectivity index (χ3n) is 5.59. The number of benzene rings is 2. The largest absolute Gasteiger partial charge is 0.326 e. The van der Waals surface area contributed by atoms with Gasteiger partial charge in [-0.05, 0) is 43.0 Å². The van der Waals surface area contributed by atoms with Crippen molar-refractivity contribution in [1.29, 1.82) is 0 Å². The molecule has 2 atom stereocenters. The molecule has 3 saturated heterocycles. The van der Waals surface area contributed by atoms with Gasteiger partial charge in [0.05, 0.1) is 0 Å². The molecule has 22 heavy (non-hydrogen) atoms. The standard InChI is InChI=1S/C20H24N2/c21-19-17-11-13-22(14-12-17)20(19)18(15-7-3-1-4-8-15)16-9-5-2-6-10-16/h1-10,17-20H,11-14,21H2. The molecule has 2 bridgehead atoms. The smallest absolute Gasteiger partial charge is 0.0359 e. The summed E-state index contributed by atoms with van der Waals surface area (Å²) in [6, 6.07) is 22.5. The van der Waals surface area contributed by atoms with E-state index in [9.17, 15) is 0 Å². The average molecular weight is 292 g/mol. The quantitative estimate of drug-likeness (QED) is 0.941. The van der Waals surface area contributed by atoms with Gasteiger partial charge in [-0.3, -0.25) is 4.90 Å². The SMILES string of the molecule is NC1C2CCN(CC2)C1C(c1ccccc1)c1ccccc1. The van der Waals surface area contributed by atoms with Gasteiger partial charge in [-0.2, -0.15) is 0 Å². The summed E-state index contributed by atoms with van der Waals surface area (Å²) in [4.78, 5) is 2.63. The summed E-state index contributed by atoms with van der Waals surface area (Å²) in [6.45, 7) is 2.42. The molecular formula is C20H24N2. The van der Waals surface area contributed by atoms with Crippen molar-refractivity contribution in [2.45, 2.75) is 30.8 Å². The zero-order valence-corrected chi connectivity index (χ0v) is 12.9. The zero-order valence-electron chi connectivity index (χ0n) is 12.9. The molecule has 114 valence electrons. The highest BCUT2D eigenvalue weighted by Gasteiger charge is 2.44. The molecule has 2 N–H and O–H groups in total. The van der Waals surface area contributed by atoms with Crippen LogP contribution in [-0.4, -0.2) is 30.1 Å². The lowest BCUT2D eigenvalue weighted by Crippen LogP contribution is -2.63. The number of nitrogens with two attached hydrogens (primary N) is 1. The van der Waals surface area contributed by atoms with Crippen LogP contribution in [0.3, 0.4) is 0 Å². The first-order chi connectivity index (χ1) is 10.8. The zero-order chi connectivity index (χ0) is 14.9. The predicted molar refractivity (Wildman–Crippen MR) is 90.8 cm³/mol. The summed E-state index contributed by atoms with van der Waals surface area (Å²) < 4.78 is 0. The minimum Gasteiger partial charge on any atom is -0.326 e. The van der Waals surface area contributed by atoms with Crippen molar-refractivity contribution >= 4 is 0 Å². The Labute approximate surface area is 132 Å². The first-order valence-electron chi connectivity index (χ1n) is 8.44. The molecule has 0 saturated carbocycles. The summed E-state index contributed by atoms with van der Waals surface area (Å²) >= 11 is 0. The lowest BCUT2D eigenvalue weighted by atomic mass is 9.71. The van der Waals surface area contributed by atoms with E-state index >= 15 is 0 Å². The van der Waals surface area contributed by atoms with Crippen LogP contribution in [0.5, 0.6) is 0 Å². The molecule has 3 heterocycles. The second-order valence-electron chi connectivity index (χ2n) is 6.74. The molecule has 5 rings (SSSR count). The van der Waals surface area contributed by atoms with Gasteiger partial charge in [-0.25, -0.2) is 0 Å². The summed E-state index contributed by atoms with van der Waals surface area (Å²) in [5.41, 5.74) is 9.48. The normalized spacial score (nSPS) is 30.6. The van der Waals surface area contributed by atoms with Crippen molar-refractivity contribution in [1.82, 2.24) is 4.90 Å². The highest BCUT2D eigenvalue weighted by Crippen LogP contribution is 2.40. The molecule has 3 fully saturated rings. The number of piperidine rings is 3. The fourth-order valence-corrected chi connectivity index (χ4v) is 4.47. The van der Waals surface area contributed by atoms with E-state index in [1.807, 2.05) is 0 Å². The molecule has 0 aliphatic carbocycles. The average Bonchev–Trinajstić information content (AvgIpc) is 2.60. The first-order valence-corrected chi connectivity index (χ1v) is 8.44. The van der Waals surface area contributed by atoms with Crippen LogP contribution in [0.2, 0.25) is 0 Å². The van der Waals surface area contributed by atoms with Crippen molar-refractivity contribution in [2.24, 2.45) is 11.7 Å². The molecule has 2 aromatic rings. The van der Waals surface area contributed by atoms with Gasteiger partial charge in [0.15, 0.2) is 0 Å². The second-order valence-corrected chi connectivity index (χ2v) is 6.74. The molecule has 0 aromatic heterocycles. The Morgan fingerprint density at radius 3 is 1.77 bits per heavy atom. The van der Waals surface area contributed by atoms with Crippen molar-refractivity contribution in [2.75, 3.05) is 13.1 Å². The predicted octanol–water partition coefficient (Wildman–Crippen LogP) is 3.24. The van der Waals surface area contributed by atoms with Crippen LogP contribution in [0.4, 0.5) is 0 Å². The Hall–Kier alpha value is -1.64. The molecule has 0 amide bonds. The van der Waals surface area contributed by atoms with Gasteiger partial charge in [-0.15, -0.1) is 0 Å². The minimum atomic E-state index is 0.285. The Kier molecular flexibility index (Phi) is 3.73. The fraction of sp³-hybridized carbons (Fsp3) is 0.400. The Bertz CT molecular complexity index is 561. The van der Waals surface area contributed by atoms with E-state index in [4.69, 9.17) is 5.73 Å². The van der Waals surface area contributed by atoms with Gasteiger partial charge in [0.25, 0.3) is 0 Å². The highest BCUT2D eigenvalue weighted by atomic mass is 15.2. The maximum Gasteiger partial charge on any atom is 0.0359 e. The number of hydrogen-bond donors (Lipinski definition) is 1. The van der Waals surface area contributed by atoms with Gasteiger partial charge in [0.1, 0.15) is 0 Å². The van der Waals surface area contributed by atoms with Crippen LogP contribution in [-0.2, 0) is 0 Å². The Morgan fingerprint density at radius 1 is 0.818 bits per heavy atom. The maximum atomic E-state index is 6.70. The van der Waals surface area contributed by atoms with E-state index < -0.39 is 0 Å². The molecule has 0 radical (unpaired) electrons. The van der Waals surface area contributed by atoms with E-state index in [2.05, 4.69) is 65.6 Å². The van der Waals surface area contributed by atoms with E-state index in [-0.39, 0.29) is 6.04 Å². The van der Waals surface area contributed by atoms with Crippen molar-refractivity contribution < 1.29 is 0 Å². The third-order valence-corrected chi connectivity index (χ3v) is 5.59. The van der Waals surface area contributed by atoms with Crippen LogP contribution in [0.1, 0.15) is 29.9 Å². The van der Waals surface area contributed by atoms with Crippen LogP contribution in [0.25, 0.3) is 0 Å². The van der Waals surface area contributed by atoms with Gasteiger partial charge in [0.2, 0.25) is 0 Å². The Morgan fingerprint density at radius 2 is 1.32 bits per heavy atom. The summed E-state index contributed by atoms with van der Waals surface area (Å²) in [6.07, 6.45) is 2.54. The summed E-state index contributed by atoms with van der Waals surface area (Å²) in [5, 5.41) is 0. The van der Waals surface area contributed by atoms with Crippen molar-refractivity contribution in [3.8, 4) is 0 Å². The number of fused-ring (bicyclic) bond motifs is 3. The van der Waals surface area contributed by atoms with Crippen molar-refractivity contribution in [3.05, 3.63) is 71.8 Å². The molecule has 3 aliphatic heterocycles. The Balaban J connectivity index is 1.78. The molecule has 2 aromatic carbocycles. The summed E-state index contributed by atoms with van der Waals surface area (Å²) in [5.74, 6) is 1.07. The lowest BCUT2D eigenvalue weighted by Gasteiger charge is -2.52. The molecule has 3 aliphatic rings. The number of hydrogen-bond acceptors (Lipinski definition) is 2. The molecule has 2 nitrogen and oxygen atoms in total. The van der Waals surface area contributed by atoms with Gasteiger partial charge in [-0.1, -0.05) is 60.7 Å². The molecular weight excluding hydrogens is 268 g/mol. The van der Waals surface area contributed by atoms with E-state index in [0.717, 1.165) is 0 Å². The maximum absolute atomic E-state index is 6.70. The van der Waals surface area contributed by atoms with Gasteiger partial charge < -0.3 is 5.73 Å². The fourth-order valence-electron chi connectivity index (χ4n) is 4.47. The van der Waals surface area contributed by atoms with Crippen LogP contribution >= 0.6 is 0 Å². The van der Waals surface area contributed by atoms with Crippen LogP contribution in [0.15, 0.2) is 60.7 Å².